The Bertz CT molecular complexity index is 1680. The first-order chi connectivity index (χ1) is 31.0. The molecule has 5 amide bonds. The van der Waals surface area contributed by atoms with Crippen LogP contribution in [0.1, 0.15) is 131 Å². The van der Waals surface area contributed by atoms with E-state index >= 15 is 0 Å². The third kappa shape index (κ3) is 13.5. The normalized spacial score (nSPS) is 23.1. The van der Waals surface area contributed by atoms with Gasteiger partial charge < -0.3 is 35.6 Å². The predicted molar refractivity (Wildman–Crippen MR) is 253 cm³/mol. The lowest BCUT2D eigenvalue weighted by Crippen LogP contribution is -2.60. The Labute approximate surface area is 390 Å². The van der Waals surface area contributed by atoms with Gasteiger partial charge in [-0.25, -0.2) is 5.06 Å². The van der Waals surface area contributed by atoms with Crippen LogP contribution < -0.4 is 16.4 Å². The highest BCUT2D eigenvalue weighted by molar-refractivity contribution is 5.96. The molecule has 0 bridgehead atoms. The number of ether oxygens (including phenoxy) is 2. The highest BCUT2D eigenvalue weighted by Crippen LogP contribution is 2.53. The number of amides is 5. The van der Waals surface area contributed by atoms with E-state index in [9.17, 15) is 24.0 Å². The summed E-state index contributed by atoms with van der Waals surface area (Å²) in [6, 6.07) is 7.70. The summed E-state index contributed by atoms with van der Waals surface area (Å²) >= 11 is 0. The van der Waals surface area contributed by atoms with E-state index < -0.39 is 47.8 Å². The third-order valence-electron chi connectivity index (χ3n) is 14.4. The van der Waals surface area contributed by atoms with Crippen LogP contribution in [0.3, 0.4) is 0 Å². The molecule has 15 nitrogen and oxygen atoms in total. The van der Waals surface area contributed by atoms with Crippen LogP contribution in [0, 0.1) is 23.7 Å². The molecule has 1 aromatic rings. The average Bonchev–Trinajstić information content (AvgIpc) is 3.82. The Balaban J connectivity index is 1.48. The van der Waals surface area contributed by atoms with Gasteiger partial charge in [0, 0.05) is 40.3 Å². The van der Waals surface area contributed by atoms with Gasteiger partial charge in [0.25, 0.3) is 5.91 Å². The summed E-state index contributed by atoms with van der Waals surface area (Å²) in [5.74, 6) is -2.23. The van der Waals surface area contributed by atoms with Crippen molar-refractivity contribution in [2.45, 2.75) is 167 Å². The smallest absolute Gasteiger partial charge is 0.272 e. The second-order valence-corrected chi connectivity index (χ2v) is 19.8. The van der Waals surface area contributed by atoms with Crippen molar-refractivity contribution in [2.75, 3.05) is 61.1 Å². The highest BCUT2D eigenvalue weighted by atomic mass is 16.7. The summed E-state index contributed by atoms with van der Waals surface area (Å²) in [4.78, 5) is 82.9. The maximum absolute atomic E-state index is 14.6. The number of likely N-dealkylation sites (tertiary alicyclic amines) is 1. The number of benzene rings is 1. The molecule has 3 aliphatic rings. The monoisotopic (exact) mass is 912 g/mol. The molecule has 65 heavy (non-hydrogen) atoms. The third-order valence-corrected chi connectivity index (χ3v) is 14.4. The summed E-state index contributed by atoms with van der Waals surface area (Å²) in [6.45, 7) is 16.7. The van der Waals surface area contributed by atoms with Crippen LogP contribution in [-0.2, 0) is 38.3 Å². The molecule has 0 spiro atoms. The molecule has 2 saturated heterocycles. The van der Waals surface area contributed by atoms with Crippen LogP contribution in [0.15, 0.2) is 30.3 Å². The van der Waals surface area contributed by atoms with Crippen LogP contribution >= 0.6 is 0 Å². The van der Waals surface area contributed by atoms with Crippen LogP contribution in [0.2, 0.25) is 0 Å². The average molecular weight is 912 g/mol. The number of nitrogens with two attached hydrogens (primary N) is 1. The van der Waals surface area contributed by atoms with E-state index in [2.05, 4.69) is 29.4 Å². The first-order valence-corrected chi connectivity index (χ1v) is 24.6. The van der Waals surface area contributed by atoms with E-state index in [1.807, 2.05) is 70.0 Å². The van der Waals surface area contributed by atoms with Gasteiger partial charge in [0.1, 0.15) is 11.6 Å². The van der Waals surface area contributed by atoms with Crippen molar-refractivity contribution < 1.29 is 38.3 Å². The van der Waals surface area contributed by atoms with Gasteiger partial charge in [-0.15, -0.1) is 0 Å². The number of hydroxylamine groups is 2. The molecular formula is C50H85N7O8. The number of carbonyl (C=O) groups is 5. The fourth-order valence-electron chi connectivity index (χ4n) is 10.4. The molecule has 2 heterocycles. The molecule has 0 radical (unpaired) electrons. The van der Waals surface area contributed by atoms with E-state index in [4.69, 9.17) is 20.0 Å². The number of carbonyl (C=O) groups excluding carboxylic acids is 5. The molecule has 7 unspecified atom stereocenters. The van der Waals surface area contributed by atoms with Gasteiger partial charge in [-0.2, -0.15) is 0 Å². The molecule has 15 heteroatoms. The first-order valence-electron chi connectivity index (χ1n) is 24.6. The summed E-state index contributed by atoms with van der Waals surface area (Å²) < 4.78 is 12.2. The van der Waals surface area contributed by atoms with Crippen molar-refractivity contribution in [1.29, 1.82) is 0 Å². The quantitative estimate of drug-likeness (QED) is 0.106. The van der Waals surface area contributed by atoms with Crippen LogP contribution in [0.5, 0.6) is 0 Å². The maximum Gasteiger partial charge on any atom is 0.272 e. The zero-order valence-electron chi connectivity index (χ0n) is 41.7. The Morgan fingerprint density at radius 3 is 2.17 bits per heavy atom. The minimum absolute atomic E-state index is 0.00699. The lowest BCUT2D eigenvalue weighted by molar-refractivity contribution is -0.200. The Morgan fingerprint density at radius 2 is 1.58 bits per heavy atom. The number of rotatable bonds is 26. The van der Waals surface area contributed by atoms with Gasteiger partial charge >= 0.3 is 0 Å². The fraction of sp³-hybridized carbons (Fsp3) is 0.780. The summed E-state index contributed by atoms with van der Waals surface area (Å²) in [7, 11) is 6.86. The number of methoxy groups -OCH3 is 2. The molecule has 1 saturated carbocycles. The zero-order valence-corrected chi connectivity index (χ0v) is 41.7. The van der Waals surface area contributed by atoms with Crippen LogP contribution in [0.4, 0.5) is 0 Å². The van der Waals surface area contributed by atoms with Gasteiger partial charge in [0.05, 0.1) is 49.3 Å². The molecule has 0 aromatic heterocycles. The van der Waals surface area contributed by atoms with Crippen molar-refractivity contribution in [3.05, 3.63) is 35.9 Å². The standard InChI is InChI=1S/C50H85N7O8/c1-12-35(6)44(55(9)48(61)42(33(2)3)52-47(60)43(34(4)5)54(8)27-19-14-13-18-26-51)40(63-10)31-41(58)56-28-22-25-39(56)45(64-11)36(7)46(59)53-50(49(62)57-29-20-21-30-65-57)32-38(50)37-23-16-15-17-24-37/h15-17,23-24,33-36,38-40,42-45H,12-14,18-22,25-32,51H2,1-11H3,(H,52,60)(H,53,59)/t35?,36?,38-,39+,40?,42?,43?,44?,45?,50+/m1/s1. The van der Waals surface area contributed by atoms with E-state index in [0.717, 1.165) is 63.5 Å². The van der Waals surface area contributed by atoms with Crippen LogP contribution in [0.25, 0.3) is 0 Å². The molecule has 1 aliphatic carbocycles. The van der Waals surface area contributed by atoms with Crippen LogP contribution in [-0.4, -0.2) is 152 Å². The molecular weight excluding hydrogens is 827 g/mol. The second kappa shape index (κ2) is 25.5. The lowest BCUT2D eigenvalue weighted by atomic mass is 9.89. The largest absolute Gasteiger partial charge is 0.379 e. The maximum atomic E-state index is 14.6. The number of hydrogen-bond donors (Lipinski definition) is 3. The Morgan fingerprint density at radius 1 is 0.892 bits per heavy atom. The molecule has 4 rings (SSSR count). The number of unbranched alkanes of at least 4 members (excludes halogenated alkanes) is 3. The van der Waals surface area contributed by atoms with E-state index in [1.165, 1.54) is 5.06 Å². The van der Waals surface area contributed by atoms with Crippen molar-refractivity contribution in [2.24, 2.45) is 29.4 Å². The lowest BCUT2D eigenvalue weighted by Gasteiger charge is -2.41. The Hall–Kier alpha value is -3.63. The molecule has 10 atom stereocenters. The minimum Gasteiger partial charge on any atom is -0.379 e. The molecule has 1 aromatic carbocycles. The van der Waals surface area contributed by atoms with Gasteiger partial charge in [-0.1, -0.05) is 98.1 Å². The van der Waals surface area contributed by atoms with Gasteiger partial charge in [0.15, 0.2) is 0 Å². The summed E-state index contributed by atoms with van der Waals surface area (Å²) in [5.41, 5.74) is 5.51. The molecule has 2 aliphatic heterocycles. The predicted octanol–water partition coefficient (Wildman–Crippen LogP) is 5.12. The topological polar surface area (TPSA) is 176 Å². The zero-order chi connectivity index (χ0) is 48.0. The van der Waals surface area contributed by atoms with Crippen molar-refractivity contribution in [3.8, 4) is 0 Å². The van der Waals surface area contributed by atoms with Crippen molar-refractivity contribution >= 4 is 29.5 Å². The van der Waals surface area contributed by atoms with Crippen molar-refractivity contribution in [3.63, 3.8) is 0 Å². The highest BCUT2D eigenvalue weighted by Gasteiger charge is 2.64. The molecule has 368 valence electrons. The van der Waals surface area contributed by atoms with Crippen molar-refractivity contribution in [1.82, 2.24) is 30.4 Å². The van der Waals surface area contributed by atoms with Gasteiger partial charge in [-0.05, 0) is 88.4 Å². The second-order valence-electron chi connectivity index (χ2n) is 19.8. The van der Waals surface area contributed by atoms with Gasteiger partial charge in [-0.3, -0.25) is 33.7 Å². The van der Waals surface area contributed by atoms with E-state index in [-0.39, 0.29) is 59.6 Å². The minimum atomic E-state index is -1.14. The van der Waals surface area contributed by atoms with E-state index in [1.54, 1.807) is 33.1 Å². The fourth-order valence-corrected chi connectivity index (χ4v) is 10.4. The summed E-state index contributed by atoms with van der Waals surface area (Å²) in [6.07, 6.45) is 7.03. The van der Waals surface area contributed by atoms with E-state index in [0.29, 0.717) is 39.1 Å². The number of hydrogen-bond acceptors (Lipinski definition) is 10. The summed E-state index contributed by atoms with van der Waals surface area (Å²) in [5, 5.41) is 7.73. The first kappa shape index (κ1) is 54.0. The SMILES string of the molecule is CCC(C)C(C(CC(=O)N1CCC[C@H]1C(OC)C(C)C(=O)N[C@@]1(C(=O)N2CCCCO2)C[C@@H]1c1ccccc1)OC)N(C)C(=O)C(NC(=O)C(C(C)C)N(C)CCCCCCN)C(C)C. The number of likely N-dealkylation sites (N-methyl/N-ethyl adjacent to an activating group) is 2. The molecule has 4 N–H and O–H groups in total. The van der Waals surface area contributed by atoms with Gasteiger partial charge in [0.2, 0.25) is 23.6 Å². The molecule has 3 fully saturated rings. The number of nitrogens with zero attached hydrogens (tertiary/aromatic N) is 4. The number of nitrogens with one attached hydrogen (secondary N) is 2. The Kier molecular flexibility index (Phi) is 21.2.